The molecule has 2 rings (SSSR count). The summed E-state index contributed by atoms with van der Waals surface area (Å²) in [4.78, 5) is 23.6. The summed E-state index contributed by atoms with van der Waals surface area (Å²) in [6, 6.07) is 8.93. The molecule has 0 spiro atoms. The molecule has 7 nitrogen and oxygen atoms in total. The van der Waals surface area contributed by atoms with E-state index in [4.69, 9.17) is 27.9 Å². The Balaban J connectivity index is 2.00. The molecular weight excluding hydrogens is 369 g/mol. The number of nitrogens with one attached hydrogen (secondary N) is 2. The second-order valence-electron chi connectivity index (χ2n) is 4.70. The number of hydrazone groups is 1. The van der Waals surface area contributed by atoms with Gasteiger partial charge in [-0.2, -0.15) is 5.10 Å². The lowest BCUT2D eigenvalue weighted by Gasteiger charge is -2.06. The van der Waals surface area contributed by atoms with Gasteiger partial charge in [-0.25, -0.2) is 5.43 Å². The van der Waals surface area contributed by atoms with Crippen molar-refractivity contribution in [2.75, 3.05) is 12.4 Å². The van der Waals surface area contributed by atoms with E-state index >= 15 is 0 Å². The number of amides is 2. The first kappa shape index (κ1) is 18.6. The van der Waals surface area contributed by atoms with Gasteiger partial charge in [0.25, 0.3) is 0 Å². The third kappa shape index (κ3) is 5.10. The normalized spacial score (nSPS) is 10.5. The number of carbonyl (C=O) groups excluding carboxylic acids is 2. The summed E-state index contributed by atoms with van der Waals surface area (Å²) in [5.41, 5.74) is 2.54. The van der Waals surface area contributed by atoms with E-state index in [1.54, 1.807) is 12.1 Å². The van der Waals surface area contributed by atoms with Crippen LogP contribution in [0.4, 0.5) is 5.69 Å². The lowest BCUT2D eigenvalue weighted by molar-refractivity contribution is -0.136. The number of phenols is 1. The fourth-order valence-electron chi connectivity index (χ4n) is 1.75. The lowest BCUT2D eigenvalue weighted by atomic mass is 10.2. The van der Waals surface area contributed by atoms with E-state index in [0.717, 1.165) is 0 Å². The fraction of sp³-hybridized carbons (Fsp3) is 0.0625. The van der Waals surface area contributed by atoms with Crippen molar-refractivity contribution >= 4 is 46.9 Å². The van der Waals surface area contributed by atoms with E-state index < -0.39 is 11.8 Å². The van der Waals surface area contributed by atoms with Crippen LogP contribution in [0.2, 0.25) is 10.0 Å². The van der Waals surface area contributed by atoms with Crippen molar-refractivity contribution in [1.29, 1.82) is 0 Å². The van der Waals surface area contributed by atoms with Crippen LogP contribution in [0.25, 0.3) is 0 Å². The Morgan fingerprint density at radius 3 is 2.64 bits per heavy atom. The van der Waals surface area contributed by atoms with Crippen LogP contribution in [0.3, 0.4) is 0 Å². The third-order valence-corrected chi connectivity index (χ3v) is 3.55. The second-order valence-corrected chi connectivity index (χ2v) is 5.55. The van der Waals surface area contributed by atoms with Crippen LogP contribution in [-0.4, -0.2) is 30.2 Å². The predicted octanol–water partition coefficient (Wildman–Crippen LogP) is 2.80. The van der Waals surface area contributed by atoms with E-state index in [9.17, 15) is 14.7 Å². The van der Waals surface area contributed by atoms with Crippen LogP contribution < -0.4 is 15.5 Å². The number of hydrogen-bond donors (Lipinski definition) is 3. The molecule has 0 bridgehead atoms. The van der Waals surface area contributed by atoms with Crippen molar-refractivity contribution in [2.24, 2.45) is 5.10 Å². The highest BCUT2D eigenvalue weighted by Crippen LogP contribution is 2.25. The Kier molecular flexibility index (Phi) is 6.21. The van der Waals surface area contributed by atoms with Gasteiger partial charge in [0.05, 0.1) is 24.0 Å². The smallest absolute Gasteiger partial charge is 0.329 e. The second kappa shape index (κ2) is 8.36. The Bertz CT molecular complexity index is 840. The zero-order valence-corrected chi connectivity index (χ0v) is 14.4. The summed E-state index contributed by atoms with van der Waals surface area (Å²) in [6.07, 6.45) is 1.18. The van der Waals surface area contributed by atoms with Gasteiger partial charge >= 0.3 is 11.8 Å². The Morgan fingerprint density at radius 1 is 1.16 bits per heavy atom. The van der Waals surface area contributed by atoms with Crippen molar-refractivity contribution in [3.63, 3.8) is 0 Å². The number of rotatable bonds is 4. The van der Waals surface area contributed by atoms with Crippen molar-refractivity contribution in [3.8, 4) is 11.5 Å². The average molecular weight is 382 g/mol. The van der Waals surface area contributed by atoms with Crippen molar-refractivity contribution in [2.45, 2.75) is 0 Å². The third-order valence-electron chi connectivity index (χ3n) is 2.99. The number of halogens is 2. The van der Waals surface area contributed by atoms with Crippen LogP contribution >= 0.6 is 23.2 Å². The maximum absolute atomic E-state index is 11.8. The first-order chi connectivity index (χ1) is 11.9. The summed E-state index contributed by atoms with van der Waals surface area (Å²) in [6.45, 7) is 0. The van der Waals surface area contributed by atoms with Gasteiger partial charge in [-0.15, -0.1) is 0 Å². The lowest BCUT2D eigenvalue weighted by Crippen LogP contribution is -2.32. The van der Waals surface area contributed by atoms with E-state index in [0.29, 0.717) is 16.3 Å². The largest absolute Gasteiger partial charge is 0.507 e. The highest BCUT2D eigenvalue weighted by Gasteiger charge is 2.14. The van der Waals surface area contributed by atoms with E-state index in [-0.39, 0.29) is 16.5 Å². The molecule has 0 unspecified atom stereocenters. The molecule has 0 aliphatic rings. The first-order valence-electron chi connectivity index (χ1n) is 6.87. The summed E-state index contributed by atoms with van der Waals surface area (Å²) in [5.74, 6) is -1.56. The number of methoxy groups -OCH3 is 1. The van der Waals surface area contributed by atoms with Gasteiger partial charge in [0, 0.05) is 10.6 Å². The van der Waals surface area contributed by atoms with Crippen LogP contribution in [0, 0.1) is 0 Å². The van der Waals surface area contributed by atoms with Gasteiger partial charge in [0.2, 0.25) is 0 Å². The maximum Gasteiger partial charge on any atom is 0.329 e. The number of phenolic OH excluding ortho intramolecular Hbond substituents is 1. The topological polar surface area (TPSA) is 100 Å². The molecule has 0 aliphatic carbocycles. The van der Waals surface area contributed by atoms with Crippen LogP contribution in [0.5, 0.6) is 11.5 Å². The molecule has 0 atom stereocenters. The van der Waals surface area contributed by atoms with Gasteiger partial charge in [0.15, 0.2) is 0 Å². The summed E-state index contributed by atoms with van der Waals surface area (Å²) in [7, 11) is 1.47. The number of nitrogens with zero attached hydrogens (tertiary/aromatic N) is 1. The van der Waals surface area contributed by atoms with Gasteiger partial charge in [0.1, 0.15) is 11.5 Å². The molecule has 2 aromatic carbocycles. The zero-order valence-electron chi connectivity index (χ0n) is 12.9. The Morgan fingerprint density at radius 2 is 1.92 bits per heavy atom. The maximum atomic E-state index is 11.8. The molecule has 9 heteroatoms. The standard InChI is InChI=1S/C16H13Cl2N3O4/c1-25-11-3-5-14(22)9(6-11)8-19-21-16(24)15(23)20-13-7-10(17)2-4-12(13)18/h2-8,22H,1H3,(H,20,23)(H,21,24)/b19-8-. The van der Waals surface area contributed by atoms with Gasteiger partial charge in [-0.3, -0.25) is 9.59 Å². The number of carbonyl (C=O) groups is 2. The number of ether oxygens (including phenoxy) is 1. The van der Waals surface area contributed by atoms with Gasteiger partial charge in [-0.05, 0) is 36.4 Å². The molecule has 0 fully saturated rings. The minimum atomic E-state index is -1.02. The van der Waals surface area contributed by atoms with Crippen molar-refractivity contribution in [3.05, 3.63) is 52.0 Å². The van der Waals surface area contributed by atoms with Crippen molar-refractivity contribution < 1.29 is 19.4 Å². The highest BCUT2D eigenvalue weighted by atomic mass is 35.5. The monoisotopic (exact) mass is 381 g/mol. The highest BCUT2D eigenvalue weighted by molar-refractivity contribution is 6.42. The quantitative estimate of drug-likeness (QED) is 0.430. The summed E-state index contributed by atoms with van der Waals surface area (Å²) < 4.78 is 5.02. The van der Waals surface area contributed by atoms with Gasteiger partial charge in [-0.1, -0.05) is 23.2 Å². The molecular formula is C16H13Cl2N3O4. The molecule has 0 aromatic heterocycles. The minimum absolute atomic E-state index is 0.0611. The van der Waals surface area contributed by atoms with Gasteiger partial charge < -0.3 is 15.2 Å². The molecule has 0 aliphatic heterocycles. The average Bonchev–Trinajstić information content (AvgIpc) is 2.59. The molecule has 0 radical (unpaired) electrons. The minimum Gasteiger partial charge on any atom is -0.507 e. The Labute approximate surface area is 153 Å². The molecule has 0 saturated heterocycles. The number of hydrogen-bond acceptors (Lipinski definition) is 5. The molecule has 25 heavy (non-hydrogen) atoms. The molecule has 130 valence electrons. The van der Waals surface area contributed by atoms with E-state index in [2.05, 4.69) is 10.4 Å². The molecule has 2 aromatic rings. The molecule has 2 amide bonds. The van der Waals surface area contributed by atoms with E-state index in [1.807, 2.05) is 5.43 Å². The fourth-order valence-corrected chi connectivity index (χ4v) is 2.08. The predicted molar refractivity (Wildman–Crippen MR) is 95.5 cm³/mol. The number of benzene rings is 2. The summed E-state index contributed by atoms with van der Waals surface area (Å²) >= 11 is 11.7. The van der Waals surface area contributed by atoms with Crippen molar-refractivity contribution in [1.82, 2.24) is 5.43 Å². The number of anilines is 1. The van der Waals surface area contributed by atoms with E-state index in [1.165, 1.54) is 37.6 Å². The Hall–Kier alpha value is -2.77. The molecule has 3 N–H and O–H groups in total. The summed E-state index contributed by atoms with van der Waals surface area (Å²) in [5, 5.41) is 16.2. The molecule has 0 heterocycles. The van der Waals surface area contributed by atoms with Crippen LogP contribution in [0.1, 0.15) is 5.56 Å². The van der Waals surface area contributed by atoms with Crippen LogP contribution in [0.15, 0.2) is 41.5 Å². The molecule has 0 saturated carbocycles. The number of aromatic hydroxyl groups is 1. The van der Waals surface area contributed by atoms with Crippen LogP contribution in [-0.2, 0) is 9.59 Å². The SMILES string of the molecule is COc1ccc(O)c(/C=N\NC(=O)C(=O)Nc2cc(Cl)ccc2Cl)c1. The first-order valence-corrected chi connectivity index (χ1v) is 7.62. The zero-order chi connectivity index (χ0) is 18.4.